The molecule has 1 aromatic carbocycles. The molecule has 0 amide bonds. The molecule has 0 aliphatic rings. The van der Waals surface area contributed by atoms with Crippen LogP contribution in [-0.4, -0.2) is 33.2 Å². The molecule has 0 atom stereocenters. The van der Waals surface area contributed by atoms with E-state index in [1.165, 1.54) is 4.80 Å². The molecule has 2 rings (SSSR count). The van der Waals surface area contributed by atoms with Crippen molar-refractivity contribution >= 4 is 12.0 Å². The molecule has 2 N–H and O–H groups in total. The number of tetrazole rings is 1. The van der Waals surface area contributed by atoms with Crippen LogP contribution in [0.4, 0.5) is 0 Å². The molecule has 138 valence electrons. The molecule has 0 saturated heterocycles. The maximum absolute atomic E-state index is 5.42. The Bertz CT molecular complexity index is 810. The average Bonchev–Trinajstić information content (AvgIpc) is 3.07. The Morgan fingerprint density at radius 3 is 2.88 bits per heavy atom. The molecule has 2 aromatic rings. The number of hydrazone groups is 1. The van der Waals surface area contributed by atoms with Crippen LogP contribution in [0, 0.1) is 0 Å². The van der Waals surface area contributed by atoms with Gasteiger partial charge in [0, 0.05) is 24.5 Å². The van der Waals surface area contributed by atoms with E-state index in [4.69, 9.17) is 15.3 Å². The lowest BCUT2D eigenvalue weighted by Gasteiger charge is -2.07. The first-order chi connectivity index (χ1) is 12.5. The van der Waals surface area contributed by atoms with E-state index in [1.807, 2.05) is 24.3 Å². The zero-order chi connectivity index (χ0) is 18.9. The summed E-state index contributed by atoms with van der Waals surface area (Å²) in [6.45, 7) is 5.54. The van der Waals surface area contributed by atoms with Gasteiger partial charge in [-0.1, -0.05) is 18.7 Å². The van der Waals surface area contributed by atoms with Gasteiger partial charge < -0.3 is 15.3 Å². The van der Waals surface area contributed by atoms with E-state index in [0.29, 0.717) is 17.5 Å². The van der Waals surface area contributed by atoms with Gasteiger partial charge in [-0.05, 0) is 36.3 Å². The van der Waals surface area contributed by atoms with E-state index < -0.39 is 0 Å². The number of allylic oxidation sites excluding steroid dienone is 2. The number of ether oxygens (including phenoxy) is 2. The van der Waals surface area contributed by atoms with E-state index in [2.05, 4.69) is 33.2 Å². The number of aromatic nitrogens is 4. The third-order valence-electron chi connectivity index (χ3n) is 3.59. The molecule has 1 aromatic heterocycles. The van der Waals surface area contributed by atoms with Gasteiger partial charge in [0.05, 0.1) is 19.9 Å². The summed E-state index contributed by atoms with van der Waals surface area (Å²) >= 11 is 0. The van der Waals surface area contributed by atoms with E-state index >= 15 is 0 Å². The van der Waals surface area contributed by atoms with Crippen LogP contribution in [0.2, 0.25) is 0 Å². The number of hydrogen-bond donors (Lipinski definition) is 1. The lowest BCUT2D eigenvalue weighted by atomic mass is 10.1. The Morgan fingerprint density at radius 2 is 2.23 bits per heavy atom. The number of aryl methyl sites for hydroxylation is 1. The number of benzene rings is 1. The lowest BCUT2D eigenvalue weighted by molar-refractivity contribution is 0.387. The Kier molecular flexibility index (Phi) is 6.90. The van der Waals surface area contributed by atoms with E-state index in [9.17, 15) is 0 Å². The molecule has 0 aliphatic heterocycles. The van der Waals surface area contributed by atoms with Gasteiger partial charge in [0.1, 0.15) is 5.75 Å². The average molecular weight is 356 g/mol. The van der Waals surface area contributed by atoms with Crippen molar-refractivity contribution in [3.63, 3.8) is 0 Å². The molecule has 8 heteroatoms. The zero-order valence-electron chi connectivity index (χ0n) is 15.3. The van der Waals surface area contributed by atoms with Crippen LogP contribution in [-0.2, 0) is 11.8 Å². The zero-order valence-corrected chi connectivity index (χ0v) is 15.3. The second-order valence-corrected chi connectivity index (χ2v) is 5.64. The summed E-state index contributed by atoms with van der Waals surface area (Å²) in [4.78, 5) is 1.43. The van der Waals surface area contributed by atoms with Crippen molar-refractivity contribution in [2.75, 3.05) is 7.11 Å². The minimum atomic E-state index is 0.407. The fourth-order valence-electron chi connectivity index (χ4n) is 2.32. The molecule has 0 radical (unpaired) electrons. The smallest absolute Gasteiger partial charge is 0.208 e. The van der Waals surface area contributed by atoms with Crippen LogP contribution in [0.3, 0.4) is 0 Å². The maximum atomic E-state index is 5.42. The molecule has 0 bridgehead atoms. The number of nitrogens with two attached hydrogens (primary N) is 1. The quantitative estimate of drug-likeness (QED) is 0.195. The highest BCUT2D eigenvalue weighted by molar-refractivity contribution is 5.73. The first-order valence-corrected chi connectivity index (χ1v) is 8.22. The van der Waals surface area contributed by atoms with Gasteiger partial charge in [-0.25, -0.2) is 0 Å². The van der Waals surface area contributed by atoms with Gasteiger partial charge in [-0.2, -0.15) is 4.80 Å². The Morgan fingerprint density at radius 1 is 1.42 bits per heavy atom. The molecule has 0 spiro atoms. The highest BCUT2D eigenvalue weighted by Crippen LogP contribution is 2.26. The van der Waals surface area contributed by atoms with Crippen molar-refractivity contribution in [1.82, 2.24) is 20.2 Å². The molecule has 8 nitrogen and oxygen atoms in total. The standard InChI is InChI=1S/C18H24N6O2/c1-13(26-14(2)20-19)8-6-5-7-9-15-12-16(10-11-17(15)25-4)18-21-23-24(3)22-18/h7,9-12H,1,5-6,8,19H2,2-4H3/b9-7+,20-14-. The van der Waals surface area contributed by atoms with E-state index in [0.717, 1.165) is 36.1 Å². The highest BCUT2D eigenvalue weighted by Gasteiger charge is 2.08. The normalized spacial score (nSPS) is 11.7. The third-order valence-corrected chi connectivity index (χ3v) is 3.59. The summed E-state index contributed by atoms with van der Waals surface area (Å²) in [6.07, 6.45) is 6.62. The van der Waals surface area contributed by atoms with Crippen LogP contribution >= 0.6 is 0 Å². The van der Waals surface area contributed by atoms with E-state index in [-0.39, 0.29) is 0 Å². The first kappa shape index (κ1) is 19.2. The predicted molar refractivity (Wildman–Crippen MR) is 101 cm³/mol. The summed E-state index contributed by atoms with van der Waals surface area (Å²) in [7, 11) is 3.38. The van der Waals surface area contributed by atoms with Crippen LogP contribution in [0.5, 0.6) is 5.75 Å². The molecule has 0 fully saturated rings. The molecule has 0 aliphatic carbocycles. The van der Waals surface area contributed by atoms with Crippen molar-refractivity contribution in [3.05, 3.63) is 42.2 Å². The second-order valence-electron chi connectivity index (χ2n) is 5.64. The number of hydrogen-bond acceptors (Lipinski definition) is 7. The number of unbranched alkanes of at least 4 members (excludes halogenated alkanes) is 1. The summed E-state index contributed by atoms with van der Waals surface area (Å²) in [5.74, 6) is 7.55. The summed E-state index contributed by atoms with van der Waals surface area (Å²) in [5, 5.41) is 15.6. The topological polar surface area (TPSA) is 100 Å². The van der Waals surface area contributed by atoms with Gasteiger partial charge in [-0.3, -0.25) is 0 Å². The summed E-state index contributed by atoms with van der Waals surface area (Å²) in [5.41, 5.74) is 1.84. The molecular formula is C18H24N6O2. The molecule has 1 heterocycles. The van der Waals surface area contributed by atoms with Crippen molar-refractivity contribution in [3.8, 4) is 17.1 Å². The van der Waals surface area contributed by atoms with Crippen molar-refractivity contribution in [2.45, 2.75) is 26.2 Å². The van der Waals surface area contributed by atoms with E-state index in [1.54, 1.807) is 21.1 Å². The monoisotopic (exact) mass is 356 g/mol. The molecule has 0 unspecified atom stereocenters. The van der Waals surface area contributed by atoms with Gasteiger partial charge in [0.25, 0.3) is 0 Å². The van der Waals surface area contributed by atoms with Gasteiger partial charge in [-0.15, -0.1) is 15.3 Å². The largest absolute Gasteiger partial charge is 0.496 e. The van der Waals surface area contributed by atoms with Crippen LogP contribution in [0.25, 0.3) is 17.5 Å². The SMILES string of the molecule is C=C(CCC/C=C/c1cc(-c2nnn(C)n2)ccc1OC)O/C(C)=N\N. The Balaban J connectivity index is 1.97. The first-order valence-electron chi connectivity index (χ1n) is 8.22. The van der Waals surface area contributed by atoms with Crippen LogP contribution in [0.15, 0.2) is 41.7 Å². The van der Waals surface area contributed by atoms with Gasteiger partial charge in [0.2, 0.25) is 11.7 Å². The molecule has 26 heavy (non-hydrogen) atoms. The fourth-order valence-corrected chi connectivity index (χ4v) is 2.32. The minimum Gasteiger partial charge on any atom is -0.496 e. The third kappa shape index (κ3) is 5.44. The highest BCUT2D eigenvalue weighted by atomic mass is 16.5. The molecule has 0 saturated carbocycles. The Labute approximate surface area is 153 Å². The second kappa shape index (κ2) is 9.36. The fraction of sp³-hybridized carbons (Fsp3) is 0.333. The maximum Gasteiger partial charge on any atom is 0.208 e. The lowest BCUT2D eigenvalue weighted by Crippen LogP contribution is -2.02. The van der Waals surface area contributed by atoms with Gasteiger partial charge in [0.15, 0.2) is 0 Å². The van der Waals surface area contributed by atoms with Crippen molar-refractivity contribution in [1.29, 1.82) is 0 Å². The van der Waals surface area contributed by atoms with Crippen molar-refractivity contribution < 1.29 is 9.47 Å². The van der Waals surface area contributed by atoms with Crippen molar-refractivity contribution in [2.24, 2.45) is 18.0 Å². The Hall–Kier alpha value is -3.16. The molecular weight excluding hydrogens is 332 g/mol. The summed E-state index contributed by atoms with van der Waals surface area (Å²) < 4.78 is 10.8. The number of nitrogens with zero attached hydrogens (tertiary/aromatic N) is 5. The minimum absolute atomic E-state index is 0.407. The van der Waals surface area contributed by atoms with Crippen LogP contribution < -0.4 is 10.6 Å². The summed E-state index contributed by atoms with van der Waals surface area (Å²) in [6, 6.07) is 5.79. The van der Waals surface area contributed by atoms with Gasteiger partial charge >= 0.3 is 0 Å². The van der Waals surface area contributed by atoms with Crippen LogP contribution in [0.1, 0.15) is 31.7 Å². The predicted octanol–water partition coefficient (Wildman–Crippen LogP) is 2.89. The number of methoxy groups -OCH3 is 1. The number of rotatable bonds is 8.